The number of nitrogen functional groups attached to an aromatic ring is 1. The number of hydrogen-bond acceptors (Lipinski definition) is 1. The minimum Gasteiger partial charge on any atom is -0.394 e. The third-order valence-corrected chi connectivity index (χ3v) is 2.21. The molecule has 2 aromatic carbocycles. The van der Waals surface area contributed by atoms with Crippen LogP contribution in [-0.2, 0) is 0 Å². The summed E-state index contributed by atoms with van der Waals surface area (Å²) in [7, 11) is 0. The van der Waals surface area contributed by atoms with Gasteiger partial charge >= 0.3 is 0 Å². The number of benzene rings is 2. The van der Waals surface area contributed by atoms with E-state index in [2.05, 4.69) is 0 Å². The van der Waals surface area contributed by atoms with Crippen LogP contribution < -0.4 is 5.73 Å². The summed E-state index contributed by atoms with van der Waals surface area (Å²) in [6, 6.07) is 11.4. The first kappa shape index (κ1) is 9.65. The van der Waals surface area contributed by atoms with Gasteiger partial charge in [-0.25, -0.2) is 8.78 Å². The maximum atomic E-state index is 13.6. The molecule has 0 aliphatic heterocycles. The van der Waals surface area contributed by atoms with Crippen molar-refractivity contribution in [2.24, 2.45) is 0 Å². The van der Waals surface area contributed by atoms with E-state index in [1.165, 1.54) is 12.1 Å². The molecule has 0 fully saturated rings. The lowest BCUT2D eigenvalue weighted by Gasteiger charge is -2.06. The first-order valence-corrected chi connectivity index (χ1v) is 4.49. The van der Waals surface area contributed by atoms with Crippen LogP contribution in [0.2, 0.25) is 0 Å². The van der Waals surface area contributed by atoms with Gasteiger partial charge in [0.2, 0.25) is 0 Å². The smallest absolute Gasteiger partial charge is 0.156 e. The van der Waals surface area contributed by atoms with Crippen LogP contribution in [-0.4, -0.2) is 0 Å². The van der Waals surface area contributed by atoms with Crippen LogP contribution >= 0.6 is 0 Å². The Hall–Kier alpha value is -1.90. The summed E-state index contributed by atoms with van der Waals surface area (Å²) >= 11 is 0. The van der Waals surface area contributed by atoms with E-state index >= 15 is 0 Å². The molecule has 3 heteroatoms. The zero-order valence-electron chi connectivity index (χ0n) is 7.87. The number of nitrogens with two attached hydrogens (primary N) is 1. The highest BCUT2D eigenvalue weighted by molar-refractivity contribution is 5.68. The molecule has 0 aliphatic rings. The molecule has 1 nitrogen and oxygen atoms in total. The lowest BCUT2D eigenvalue weighted by atomic mass is 10.0. The standard InChI is InChI=1S/C12H9F2N/c13-10-7-6-9(11(14)12(10)15)8-4-2-1-3-5-8/h1-7H,15H2. The molecule has 2 rings (SSSR count). The van der Waals surface area contributed by atoms with Gasteiger partial charge in [0.05, 0.1) is 0 Å². The van der Waals surface area contributed by atoms with Crippen LogP contribution in [0.3, 0.4) is 0 Å². The number of halogens is 2. The van der Waals surface area contributed by atoms with Crippen molar-refractivity contribution in [1.29, 1.82) is 0 Å². The van der Waals surface area contributed by atoms with Crippen LogP contribution in [0.15, 0.2) is 42.5 Å². The van der Waals surface area contributed by atoms with Crippen molar-refractivity contribution in [2.45, 2.75) is 0 Å². The van der Waals surface area contributed by atoms with E-state index in [0.717, 1.165) is 0 Å². The first-order chi connectivity index (χ1) is 7.20. The fourth-order valence-corrected chi connectivity index (χ4v) is 1.41. The molecule has 0 unspecified atom stereocenters. The Labute approximate surface area is 86.2 Å². The van der Waals surface area contributed by atoms with E-state index < -0.39 is 17.3 Å². The zero-order chi connectivity index (χ0) is 10.8. The maximum Gasteiger partial charge on any atom is 0.156 e. The predicted octanol–water partition coefficient (Wildman–Crippen LogP) is 3.21. The van der Waals surface area contributed by atoms with E-state index in [1.807, 2.05) is 6.07 Å². The summed E-state index contributed by atoms with van der Waals surface area (Å²) in [4.78, 5) is 0. The van der Waals surface area contributed by atoms with Gasteiger partial charge in [-0.3, -0.25) is 0 Å². The maximum absolute atomic E-state index is 13.6. The van der Waals surface area contributed by atoms with Gasteiger partial charge in [-0.1, -0.05) is 30.3 Å². The zero-order valence-corrected chi connectivity index (χ0v) is 7.87. The molecule has 2 aromatic rings. The van der Waals surface area contributed by atoms with Crippen molar-refractivity contribution >= 4 is 5.69 Å². The topological polar surface area (TPSA) is 26.0 Å². The second-order valence-electron chi connectivity index (χ2n) is 3.19. The van der Waals surface area contributed by atoms with Gasteiger partial charge in [-0.05, 0) is 17.7 Å². The molecule has 0 radical (unpaired) electrons. The van der Waals surface area contributed by atoms with Crippen molar-refractivity contribution in [3.8, 4) is 11.1 Å². The van der Waals surface area contributed by atoms with Gasteiger partial charge in [0.15, 0.2) is 5.82 Å². The average molecular weight is 205 g/mol. The van der Waals surface area contributed by atoms with Gasteiger partial charge in [0.1, 0.15) is 11.5 Å². The van der Waals surface area contributed by atoms with Crippen molar-refractivity contribution in [3.05, 3.63) is 54.1 Å². The summed E-state index contributed by atoms with van der Waals surface area (Å²) in [6.07, 6.45) is 0. The second-order valence-corrected chi connectivity index (χ2v) is 3.19. The molecular formula is C12H9F2N. The molecule has 0 saturated heterocycles. The quantitative estimate of drug-likeness (QED) is 0.711. The molecular weight excluding hydrogens is 196 g/mol. The Balaban J connectivity index is 2.60. The normalized spacial score (nSPS) is 10.3. The average Bonchev–Trinajstić information content (AvgIpc) is 2.27. The largest absolute Gasteiger partial charge is 0.394 e. The predicted molar refractivity (Wildman–Crippen MR) is 56.2 cm³/mol. The van der Waals surface area contributed by atoms with Crippen molar-refractivity contribution < 1.29 is 8.78 Å². The van der Waals surface area contributed by atoms with E-state index in [4.69, 9.17) is 5.73 Å². The number of anilines is 1. The van der Waals surface area contributed by atoms with Crippen LogP contribution in [0.1, 0.15) is 0 Å². The van der Waals surface area contributed by atoms with Crippen LogP contribution in [0.4, 0.5) is 14.5 Å². The molecule has 0 heterocycles. The molecule has 2 N–H and O–H groups in total. The van der Waals surface area contributed by atoms with Crippen LogP contribution in [0.25, 0.3) is 11.1 Å². The number of hydrogen-bond donors (Lipinski definition) is 1. The fraction of sp³-hybridized carbons (Fsp3) is 0. The third kappa shape index (κ3) is 1.68. The summed E-state index contributed by atoms with van der Waals surface area (Å²) < 4.78 is 26.5. The van der Waals surface area contributed by atoms with Crippen LogP contribution in [0, 0.1) is 11.6 Å². The minimum absolute atomic E-state index is 0.314. The van der Waals surface area contributed by atoms with Gasteiger partial charge in [0.25, 0.3) is 0 Å². The highest BCUT2D eigenvalue weighted by Gasteiger charge is 2.11. The van der Waals surface area contributed by atoms with Crippen LogP contribution in [0.5, 0.6) is 0 Å². The van der Waals surface area contributed by atoms with E-state index in [0.29, 0.717) is 11.1 Å². The third-order valence-electron chi connectivity index (χ3n) is 2.21. The minimum atomic E-state index is -0.729. The summed E-state index contributed by atoms with van der Waals surface area (Å²) in [5, 5.41) is 0. The summed E-state index contributed by atoms with van der Waals surface area (Å²) in [6.45, 7) is 0. The van der Waals surface area contributed by atoms with Crippen molar-refractivity contribution in [1.82, 2.24) is 0 Å². The highest BCUT2D eigenvalue weighted by atomic mass is 19.1. The molecule has 0 saturated carbocycles. The second kappa shape index (κ2) is 3.69. The first-order valence-electron chi connectivity index (χ1n) is 4.49. The Morgan fingerprint density at radius 2 is 1.53 bits per heavy atom. The van der Waals surface area contributed by atoms with Crippen molar-refractivity contribution in [2.75, 3.05) is 5.73 Å². The lowest BCUT2D eigenvalue weighted by molar-refractivity contribution is 0.594. The number of rotatable bonds is 1. The van der Waals surface area contributed by atoms with Gasteiger partial charge in [0, 0.05) is 5.56 Å². The molecule has 0 aliphatic carbocycles. The monoisotopic (exact) mass is 205 g/mol. The van der Waals surface area contributed by atoms with E-state index in [1.54, 1.807) is 24.3 Å². The van der Waals surface area contributed by atoms with Gasteiger partial charge in [-0.15, -0.1) is 0 Å². The molecule has 0 bridgehead atoms. The molecule has 0 spiro atoms. The lowest BCUT2D eigenvalue weighted by Crippen LogP contribution is -1.97. The van der Waals surface area contributed by atoms with Gasteiger partial charge in [-0.2, -0.15) is 0 Å². The molecule has 0 aromatic heterocycles. The van der Waals surface area contributed by atoms with E-state index in [9.17, 15) is 8.78 Å². The molecule has 76 valence electrons. The summed E-state index contributed by atoms with van der Waals surface area (Å²) in [5.74, 6) is -1.44. The fourth-order valence-electron chi connectivity index (χ4n) is 1.41. The Bertz CT molecular complexity index is 480. The van der Waals surface area contributed by atoms with E-state index in [-0.39, 0.29) is 0 Å². The Morgan fingerprint density at radius 3 is 2.20 bits per heavy atom. The Kier molecular flexibility index (Phi) is 2.37. The highest BCUT2D eigenvalue weighted by Crippen LogP contribution is 2.27. The SMILES string of the molecule is Nc1c(F)ccc(-c2ccccc2)c1F. The molecule has 15 heavy (non-hydrogen) atoms. The molecule has 0 amide bonds. The molecule has 0 atom stereocenters. The summed E-state index contributed by atoms with van der Waals surface area (Å²) in [5.41, 5.74) is 5.83. The Morgan fingerprint density at radius 1 is 0.867 bits per heavy atom. The van der Waals surface area contributed by atoms with Gasteiger partial charge < -0.3 is 5.73 Å². The van der Waals surface area contributed by atoms with Crippen molar-refractivity contribution in [3.63, 3.8) is 0 Å².